The van der Waals surface area contributed by atoms with E-state index in [2.05, 4.69) is 55.1 Å². The van der Waals surface area contributed by atoms with Gasteiger partial charge >= 0.3 is 0 Å². The number of anilines is 1. The minimum Gasteiger partial charge on any atom is -0.378 e. The SMILES string of the molecule is CC[C@H]1CCCN(Cc2ccc(N(C)C)cc2)C1. The third-order valence-corrected chi connectivity index (χ3v) is 4.04. The van der Waals surface area contributed by atoms with E-state index in [1.165, 1.54) is 43.6 Å². The Morgan fingerprint density at radius 1 is 1.22 bits per heavy atom. The van der Waals surface area contributed by atoms with E-state index >= 15 is 0 Å². The van der Waals surface area contributed by atoms with Crippen molar-refractivity contribution in [3.05, 3.63) is 29.8 Å². The van der Waals surface area contributed by atoms with Crippen LogP contribution in [-0.2, 0) is 6.54 Å². The molecule has 1 saturated heterocycles. The van der Waals surface area contributed by atoms with Crippen LogP contribution in [0.4, 0.5) is 5.69 Å². The van der Waals surface area contributed by atoms with Gasteiger partial charge < -0.3 is 4.90 Å². The van der Waals surface area contributed by atoms with Crippen molar-refractivity contribution < 1.29 is 0 Å². The van der Waals surface area contributed by atoms with Crippen LogP contribution >= 0.6 is 0 Å². The van der Waals surface area contributed by atoms with E-state index in [0.29, 0.717) is 0 Å². The van der Waals surface area contributed by atoms with Gasteiger partial charge in [0.15, 0.2) is 0 Å². The van der Waals surface area contributed by atoms with Gasteiger partial charge in [-0.2, -0.15) is 0 Å². The van der Waals surface area contributed by atoms with Gasteiger partial charge in [-0.3, -0.25) is 4.90 Å². The van der Waals surface area contributed by atoms with Gasteiger partial charge in [0.1, 0.15) is 0 Å². The van der Waals surface area contributed by atoms with Crippen LogP contribution in [0, 0.1) is 5.92 Å². The summed E-state index contributed by atoms with van der Waals surface area (Å²) in [6, 6.07) is 8.98. The highest BCUT2D eigenvalue weighted by Gasteiger charge is 2.18. The minimum atomic E-state index is 0.916. The maximum absolute atomic E-state index is 2.61. The summed E-state index contributed by atoms with van der Waals surface area (Å²) < 4.78 is 0. The molecule has 0 N–H and O–H groups in total. The normalized spacial score (nSPS) is 20.9. The molecule has 1 fully saturated rings. The van der Waals surface area contributed by atoms with Gasteiger partial charge in [0.05, 0.1) is 0 Å². The van der Waals surface area contributed by atoms with E-state index in [4.69, 9.17) is 0 Å². The minimum absolute atomic E-state index is 0.916. The number of hydrogen-bond donors (Lipinski definition) is 0. The van der Waals surface area contributed by atoms with Crippen LogP contribution in [0.2, 0.25) is 0 Å². The highest BCUT2D eigenvalue weighted by Crippen LogP contribution is 2.21. The fraction of sp³-hybridized carbons (Fsp3) is 0.625. The highest BCUT2D eigenvalue weighted by molar-refractivity contribution is 5.45. The van der Waals surface area contributed by atoms with E-state index in [0.717, 1.165) is 12.5 Å². The standard InChI is InChI=1S/C16H26N2/c1-4-14-6-5-11-18(12-14)13-15-7-9-16(10-8-15)17(2)3/h7-10,14H,4-6,11-13H2,1-3H3/t14-/m0/s1. The van der Waals surface area contributed by atoms with Crippen molar-refractivity contribution in [2.75, 3.05) is 32.1 Å². The van der Waals surface area contributed by atoms with Gasteiger partial charge in [0, 0.05) is 32.9 Å². The molecule has 1 heterocycles. The molecule has 0 aromatic heterocycles. The molecule has 2 nitrogen and oxygen atoms in total. The third-order valence-electron chi connectivity index (χ3n) is 4.04. The van der Waals surface area contributed by atoms with E-state index < -0.39 is 0 Å². The van der Waals surface area contributed by atoms with Crippen LogP contribution in [0.1, 0.15) is 31.7 Å². The zero-order valence-electron chi connectivity index (χ0n) is 12.0. The maximum Gasteiger partial charge on any atom is 0.0361 e. The first kappa shape index (κ1) is 13.4. The lowest BCUT2D eigenvalue weighted by Gasteiger charge is -2.32. The molecule has 0 spiro atoms. The van der Waals surface area contributed by atoms with Gasteiger partial charge in [0.2, 0.25) is 0 Å². The summed E-state index contributed by atoms with van der Waals surface area (Å²) in [5.41, 5.74) is 2.72. The molecular formula is C16H26N2. The van der Waals surface area contributed by atoms with Crippen LogP contribution < -0.4 is 4.90 Å². The van der Waals surface area contributed by atoms with E-state index in [-0.39, 0.29) is 0 Å². The van der Waals surface area contributed by atoms with Gasteiger partial charge in [-0.1, -0.05) is 25.5 Å². The van der Waals surface area contributed by atoms with Crippen molar-refractivity contribution in [1.29, 1.82) is 0 Å². The van der Waals surface area contributed by atoms with Gasteiger partial charge in [-0.25, -0.2) is 0 Å². The van der Waals surface area contributed by atoms with Gasteiger partial charge in [0.25, 0.3) is 0 Å². The summed E-state index contributed by atoms with van der Waals surface area (Å²) in [4.78, 5) is 4.76. The summed E-state index contributed by atoms with van der Waals surface area (Å²) in [6.45, 7) is 5.99. The number of likely N-dealkylation sites (tertiary alicyclic amines) is 1. The zero-order chi connectivity index (χ0) is 13.0. The summed E-state index contributed by atoms with van der Waals surface area (Å²) in [5.74, 6) is 0.916. The van der Waals surface area contributed by atoms with E-state index in [1.807, 2.05) is 0 Å². The number of benzene rings is 1. The Labute approximate surface area is 112 Å². The predicted molar refractivity (Wildman–Crippen MR) is 79.1 cm³/mol. The molecular weight excluding hydrogens is 220 g/mol. The molecule has 1 aromatic rings. The summed E-state index contributed by atoms with van der Waals surface area (Å²) in [5, 5.41) is 0. The first-order valence-electron chi connectivity index (χ1n) is 7.17. The van der Waals surface area contributed by atoms with Crippen molar-refractivity contribution in [3.63, 3.8) is 0 Å². The van der Waals surface area contributed by atoms with E-state index in [1.54, 1.807) is 0 Å². The first-order valence-corrected chi connectivity index (χ1v) is 7.17. The third kappa shape index (κ3) is 3.49. The maximum atomic E-state index is 2.61. The van der Waals surface area contributed by atoms with Crippen LogP contribution in [0.5, 0.6) is 0 Å². The van der Waals surface area contributed by atoms with Crippen molar-refractivity contribution in [3.8, 4) is 0 Å². The second-order valence-corrected chi connectivity index (χ2v) is 5.71. The number of nitrogens with zero attached hydrogens (tertiary/aromatic N) is 2. The Morgan fingerprint density at radius 2 is 1.94 bits per heavy atom. The lowest BCUT2D eigenvalue weighted by Crippen LogP contribution is -2.34. The molecule has 0 amide bonds. The van der Waals surface area contributed by atoms with Gasteiger partial charge in [-0.15, -0.1) is 0 Å². The van der Waals surface area contributed by atoms with Crippen LogP contribution in [0.3, 0.4) is 0 Å². The number of rotatable bonds is 4. The average molecular weight is 246 g/mol. The molecule has 18 heavy (non-hydrogen) atoms. The molecule has 0 aliphatic carbocycles. The topological polar surface area (TPSA) is 6.48 Å². The average Bonchev–Trinajstić information content (AvgIpc) is 2.39. The highest BCUT2D eigenvalue weighted by atomic mass is 15.1. The van der Waals surface area contributed by atoms with Crippen molar-refractivity contribution in [2.45, 2.75) is 32.7 Å². The van der Waals surface area contributed by atoms with Crippen molar-refractivity contribution in [2.24, 2.45) is 5.92 Å². The number of hydrogen-bond acceptors (Lipinski definition) is 2. The molecule has 1 aromatic carbocycles. The Kier molecular flexibility index (Phi) is 4.65. The molecule has 1 aliphatic heterocycles. The molecule has 1 aliphatic rings. The molecule has 0 bridgehead atoms. The molecule has 100 valence electrons. The fourth-order valence-corrected chi connectivity index (χ4v) is 2.79. The first-order chi connectivity index (χ1) is 8.69. The van der Waals surface area contributed by atoms with Crippen LogP contribution in [0.25, 0.3) is 0 Å². The molecule has 2 heteroatoms. The van der Waals surface area contributed by atoms with Gasteiger partial charge in [-0.05, 0) is 43.0 Å². The van der Waals surface area contributed by atoms with Crippen LogP contribution in [-0.4, -0.2) is 32.1 Å². The Balaban J connectivity index is 1.92. The quantitative estimate of drug-likeness (QED) is 0.803. The van der Waals surface area contributed by atoms with Crippen LogP contribution in [0.15, 0.2) is 24.3 Å². The summed E-state index contributed by atoms with van der Waals surface area (Å²) in [6.07, 6.45) is 4.12. The molecule has 0 unspecified atom stereocenters. The number of piperidine rings is 1. The Hall–Kier alpha value is -1.02. The van der Waals surface area contributed by atoms with Crippen molar-refractivity contribution in [1.82, 2.24) is 4.90 Å². The molecule has 0 saturated carbocycles. The monoisotopic (exact) mass is 246 g/mol. The predicted octanol–water partition coefficient (Wildman–Crippen LogP) is 3.37. The second-order valence-electron chi connectivity index (χ2n) is 5.71. The smallest absolute Gasteiger partial charge is 0.0361 e. The molecule has 1 atom stereocenters. The summed E-state index contributed by atoms with van der Waals surface area (Å²) in [7, 11) is 4.18. The molecule has 0 radical (unpaired) electrons. The van der Waals surface area contributed by atoms with E-state index in [9.17, 15) is 0 Å². The van der Waals surface area contributed by atoms with Crippen molar-refractivity contribution >= 4 is 5.69 Å². The summed E-state index contributed by atoms with van der Waals surface area (Å²) >= 11 is 0. The Bertz CT molecular complexity index is 356. The lowest BCUT2D eigenvalue weighted by molar-refractivity contribution is 0.165. The lowest BCUT2D eigenvalue weighted by atomic mass is 9.95. The fourth-order valence-electron chi connectivity index (χ4n) is 2.79. The molecule has 2 rings (SSSR count). The second kappa shape index (κ2) is 6.24. The largest absolute Gasteiger partial charge is 0.378 e. The zero-order valence-corrected chi connectivity index (χ0v) is 12.0. The Morgan fingerprint density at radius 3 is 2.56 bits per heavy atom.